The van der Waals surface area contributed by atoms with Crippen LogP contribution < -0.4 is 29.9 Å². The number of halogens is 5. The van der Waals surface area contributed by atoms with E-state index in [1.165, 1.54) is 24.2 Å². The Bertz CT molecular complexity index is 1310. The highest BCUT2D eigenvalue weighted by atomic mass is 35.5. The van der Waals surface area contributed by atoms with Gasteiger partial charge in [-0.05, 0) is 25.8 Å². The van der Waals surface area contributed by atoms with E-state index >= 15 is 0 Å². The van der Waals surface area contributed by atoms with Crippen LogP contribution in [0.25, 0.3) is 0 Å². The first-order valence-corrected chi connectivity index (χ1v) is 13.2. The van der Waals surface area contributed by atoms with Crippen molar-refractivity contribution >= 4 is 52.6 Å². The molecule has 0 radical (unpaired) electrons. The highest BCUT2D eigenvalue weighted by molar-refractivity contribution is 6.42. The molecule has 1 fully saturated rings. The highest BCUT2D eigenvalue weighted by Crippen LogP contribution is 2.49. The van der Waals surface area contributed by atoms with Crippen molar-refractivity contribution in [1.82, 2.24) is 15.3 Å². The molecule has 0 saturated heterocycles. The fraction of sp³-hybridized carbons (Fsp3) is 0.440. The Morgan fingerprint density at radius 2 is 1.90 bits per heavy atom. The molecule has 4 rings (SSSR count). The molecule has 1 saturated carbocycles. The summed E-state index contributed by atoms with van der Waals surface area (Å²) in [6, 6.07) is -0.0123. The maximum atomic E-state index is 13.5. The van der Waals surface area contributed by atoms with Gasteiger partial charge in [-0.1, -0.05) is 42.6 Å². The Morgan fingerprint density at radius 3 is 2.55 bits per heavy atom. The molecule has 2 aromatic rings. The van der Waals surface area contributed by atoms with Crippen LogP contribution in [0.5, 0.6) is 11.5 Å². The molecular formula is C25H27Cl2F3N6O4. The lowest BCUT2D eigenvalue weighted by Crippen LogP contribution is -2.48. The molecule has 15 heteroatoms. The molecule has 0 unspecified atom stereocenters. The number of rotatable bonds is 8. The average Bonchev–Trinajstić information content (AvgIpc) is 2.90. The van der Waals surface area contributed by atoms with Gasteiger partial charge in [0.25, 0.3) is 0 Å². The summed E-state index contributed by atoms with van der Waals surface area (Å²) in [6.07, 6.45) is 1.15. The van der Waals surface area contributed by atoms with E-state index in [2.05, 4.69) is 31.9 Å². The molecule has 2 heterocycles. The Hall–Kier alpha value is -3.45. The molecule has 2 N–H and O–H groups in total. The lowest BCUT2D eigenvalue weighted by atomic mass is 9.90. The quantitative estimate of drug-likeness (QED) is 0.374. The van der Waals surface area contributed by atoms with Gasteiger partial charge in [-0.3, -0.25) is 14.6 Å². The van der Waals surface area contributed by atoms with Crippen LogP contribution in [0.3, 0.4) is 0 Å². The number of carbonyl (C=O) groups excluding carboxylic acids is 2. The normalized spacial score (nSPS) is 19.1. The van der Waals surface area contributed by atoms with Crippen LogP contribution in [-0.2, 0) is 11.3 Å². The molecule has 2 aliphatic rings. The van der Waals surface area contributed by atoms with Crippen LogP contribution in [0, 0.1) is 0 Å². The van der Waals surface area contributed by atoms with Crippen molar-refractivity contribution in [3.8, 4) is 11.5 Å². The minimum atomic E-state index is -5.05. The topological polar surface area (TPSA) is 109 Å². The van der Waals surface area contributed by atoms with Crippen LogP contribution in [0.2, 0.25) is 10.0 Å². The van der Waals surface area contributed by atoms with Gasteiger partial charge in [0.2, 0.25) is 11.9 Å². The molecule has 1 aromatic heterocycles. The Morgan fingerprint density at radius 1 is 1.23 bits per heavy atom. The van der Waals surface area contributed by atoms with Gasteiger partial charge in [-0.15, -0.1) is 13.2 Å². The van der Waals surface area contributed by atoms with Gasteiger partial charge in [0.15, 0.2) is 5.75 Å². The summed E-state index contributed by atoms with van der Waals surface area (Å²) < 4.78 is 48.7. The molecule has 10 nitrogen and oxygen atoms in total. The molecule has 0 spiro atoms. The Kier molecular flexibility index (Phi) is 8.83. The van der Waals surface area contributed by atoms with Crippen molar-refractivity contribution in [2.75, 3.05) is 28.8 Å². The summed E-state index contributed by atoms with van der Waals surface area (Å²) >= 11 is 12.8. The second-order valence-electron chi connectivity index (χ2n) is 9.15. The Labute approximate surface area is 238 Å². The van der Waals surface area contributed by atoms with Crippen molar-refractivity contribution < 1.29 is 32.2 Å². The van der Waals surface area contributed by atoms with Gasteiger partial charge in [-0.25, -0.2) is 9.78 Å². The number of fused-ring (bicyclic) bond motifs is 1. The number of benzene rings is 1. The van der Waals surface area contributed by atoms with Gasteiger partial charge in [0.05, 0.1) is 18.8 Å². The number of ether oxygens (including phenoxy) is 2. The zero-order valence-electron chi connectivity index (χ0n) is 21.6. The van der Waals surface area contributed by atoms with E-state index in [1.807, 2.05) is 0 Å². The van der Waals surface area contributed by atoms with E-state index in [-0.39, 0.29) is 53.6 Å². The monoisotopic (exact) mass is 602 g/mol. The van der Waals surface area contributed by atoms with Crippen molar-refractivity contribution in [3.63, 3.8) is 0 Å². The summed E-state index contributed by atoms with van der Waals surface area (Å²) in [5.41, 5.74) is 0.279. The molecular weight excluding hydrogens is 576 g/mol. The van der Waals surface area contributed by atoms with E-state index in [9.17, 15) is 22.8 Å². The second-order valence-corrected chi connectivity index (χ2v) is 9.91. The van der Waals surface area contributed by atoms with Gasteiger partial charge >= 0.3 is 12.4 Å². The predicted octanol–water partition coefficient (Wildman–Crippen LogP) is 5.68. The third-order valence-electron chi connectivity index (χ3n) is 6.51. The van der Waals surface area contributed by atoms with Crippen molar-refractivity contribution in [2.24, 2.45) is 0 Å². The molecule has 0 bridgehead atoms. The summed E-state index contributed by atoms with van der Waals surface area (Å²) in [6.45, 7) is 5.07. The predicted molar refractivity (Wildman–Crippen MR) is 144 cm³/mol. The number of urea groups is 1. The van der Waals surface area contributed by atoms with Crippen LogP contribution in [0.1, 0.15) is 38.2 Å². The Balaban J connectivity index is 1.65. The summed E-state index contributed by atoms with van der Waals surface area (Å²) in [4.78, 5) is 36.5. The second kappa shape index (κ2) is 12.0. The third-order valence-corrected chi connectivity index (χ3v) is 7.24. The summed E-state index contributed by atoms with van der Waals surface area (Å²) in [5.74, 6) is -0.622. The maximum Gasteiger partial charge on any atom is 0.573 e. The number of carbonyl (C=O) groups is 2. The van der Waals surface area contributed by atoms with E-state index in [0.29, 0.717) is 11.4 Å². The minimum absolute atomic E-state index is 0.0890. The van der Waals surface area contributed by atoms with Crippen molar-refractivity contribution in [3.05, 3.63) is 40.5 Å². The zero-order valence-corrected chi connectivity index (χ0v) is 23.2. The standard InChI is InChI=1S/C25H27Cl2F3N6O4/c1-4-18(37)32-14-8-6-7-9-15(14)33-23-31-11-13-12-36(24(38)35(3)22(13)34-23)21-19(26)16(39-5-2)10-17(20(21)27)40-25(28,29)30/h4,10-11,14-15H,1,5-9,12H2,2-3H3,(H,32,37)(H,31,33,34)/t14-,15+/m0/s1. The molecule has 2 atom stereocenters. The molecule has 1 aliphatic carbocycles. The summed E-state index contributed by atoms with van der Waals surface area (Å²) in [5, 5.41) is 5.50. The van der Waals surface area contributed by atoms with E-state index in [4.69, 9.17) is 27.9 Å². The van der Waals surface area contributed by atoms with Crippen LogP contribution in [0.15, 0.2) is 24.9 Å². The lowest BCUT2D eigenvalue weighted by Gasteiger charge is -2.36. The molecule has 3 amide bonds. The number of hydrogen-bond acceptors (Lipinski definition) is 7. The molecule has 216 valence electrons. The number of nitrogens with one attached hydrogen (secondary N) is 2. The fourth-order valence-corrected chi connectivity index (χ4v) is 5.35. The van der Waals surface area contributed by atoms with E-state index < -0.39 is 23.2 Å². The fourth-order valence-electron chi connectivity index (χ4n) is 4.71. The first-order valence-electron chi connectivity index (χ1n) is 12.4. The van der Waals surface area contributed by atoms with Gasteiger partial charge in [0.1, 0.15) is 21.6 Å². The first-order chi connectivity index (χ1) is 18.9. The third kappa shape index (κ3) is 6.30. The number of hydrogen-bond donors (Lipinski definition) is 2. The zero-order chi connectivity index (χ0) is 29.2. The highest BCUT2D eigenvalue weighted by Gasteiger charge is 2.38. The number of aromatic nitrogens is 2. The number of alkyl halides is 3. The molecule has 40 heavy (non-hydrogen) atoms. The summed E-state index contributed by atoms with van der Waals surface area (Å²) in [7, 11) is 1.46. The minimum Gasteiger partial charge on any atom is -0.492 e. The van der Waals surface area contributed by atoms with Gasteiger partial charge in [0, 0.05) is 37.0 Å². The van der Waals surface area contributed by atoms with Crippen LogP contribution in [0.4, 0.5) is 35.4 Å². The largest absolute Gasteiger partial charge is 0.573 e. The average molecular weight is 603 g/mol. The van der Waals surface area contributed by atoms with Crippen LogP contribution >= 0.6 is 23.2 Å². The number of nitrogens with zero attached hydrogens (tertiary/aromatic N) is 4. The van der Waals surface area contributed by atoms with Gasteiger partial charge < -0.3 is 20.1 Å². The SMILES string of the molecule is C=CC(=O)N[C@H]1CCCC[C@H]1Nc1ncc2c(n1)N(C)C(=O)N(c1c(Cl)c(OCC)cc(OC(F)(F)F)c1Cl)C2. The maximum absolute atomic E-state index is 13.5. The lowest BCUT2D eigenvalue weighted by molar-refractivity contribution is -0.274. The van der Waals surface area contributed by atoms with Crippen molar-refractivity contribution in [1.29, 1.82) is 0 Å². The first kappa shape index (κ1) is 29.5. The molecule has 1 aromatic carbocycles. The number of anilines is 3. The molecule has 1 aliphatic heterocycles. The smallest absolute Gasteiger partial charge is 0.492 e. The van der Waals surface area contributed by atoms with Crippen molar-refractivity contribution in [2.45, 2.75) is 57.6 Å². The van der Waals surface area contributed by atoms with Gasteiger partial charge in [-0.2, -0.15) is 4.98 Å². The van der Waals surface area contributed by atoms with Crippen LogP contribution in [-0.4, -0.2) is 54.0 Å². The van der Waals surface area contributed by atoms with E-state index in [1.54, 1.807) is 6.92 Å². The van der Waals surface area contributed by atoms with E-state index in [0.717, 1.165) is 36.6 Å². The number of amides is 3.